The van der Waals surface area contributed by atoms with Gasteiger partial charge in [-0.3, -0.25) is 9.35 Å². The van der Waals surface area contributed by atoms with Crippen LogP contribution in [0.25, 0.3) is 0 Å². The Kier molecular flexibility index (Phi) is 7.95. The van der Waals surface area contributed by atoms with Gasteiger partial charge in [0.1, 0.15) is 0 Å². The van der Waals surface area contributed by atoms with Crippen molar-refractivity contribution < 1.29 is 32.2 Å². The summed E-state index contributed by atoms with van der Waals surface area (Å²) in [5.41, 5.74) is 0.407. The second-order valence-electron chi connectivity index (χ2n) is 12.6. The van der Waals surface area contributed by atoms with Crippen molar-refractivity contribution in [2.24, 2.45) is 46.3 Å². The lowest BCUT2D eigenvalue weighted by molar-refractivity contribution is -0.174. The second-order valence-corrected chi connectivity index (χ2v) is 13.7. The van der Waals surface area contributed by atoms with Crippen molar-refractivity contribution in [3.05, 3.63) is 0 Å². The number of hydrogen-bond donors (Lipinski definition) is 4. The van der Waals surface area contributed by atoms with Crippen molar-refractivity contribution in [3.8, 4) is 0 Å². The standard InChI is InChI=1S/C26H45NO7S/c1-16(4-7-23(30)27-12-13-34-35(31,32)33)19-5-6-20-24-21(9-11-26(19,20)3)25(2)10-8-18(28)14-17(25)15-22(24)29/h16-22,24,28-29H,4-15H2,1-3H3,(H,27,30)(H,31,32,33). The van der Waals surface area contributed by atoms with Crippen LogP contribution in [0, 0.1) is 46.3 Å². The molecule has 0 aromatic carbocycles. The maximum absolute atomic E-state index is 12.2. The number of rotatable bonds is 8. The quantitative estimate of drug-likeness (QED) is 0.288. The third kappa shape index (κ3) is 5.44. The highest BCUT2D eigenvalue weighted by molar-refractivity contribution is 7.80. The van der Waals surface area contributed by atoms with Gasteiger partial charge in [-0.1, -0.05) is 20.8 Å². The number of aliphatic hydroxyl groups is 2. The van der Waals surface area contributed by atoms with E-state index in [-0.39, 0.29) is 42.1 Å². The molecular weight excluding hydrogens is 470 g/mol. The first kappa shape index (κ1) is 27.3. The molecule has 10 atom stereocenters. The fourth-order valence-electron chi connectivity index (χ4n) is 9.16. The van der Waals surface area contributed by atoms with E-state index in [9.17, 15) is 23.4 Å². The lowest BCUT2D eigenvalue weighted by Crippen LogP contribution is -2.58. The molecule has 4 saturated carbocycles. The highest BCUT2D eigenvalue weighted by Gasteiger charge is 2.62. The van der Waals surface area contributed by atoms with E-state index in [1.165, 1.54) is 6.42 Å². The predicted molar refractivity (Wildman–Crippen MR) is 132 cm³/mol. The molecule has 0 aliphatic heterocycles. The third-order valence-electron chi connectivity index (χ3n) is 10.9. The fourth-order valence-corrected chi connectivity index (χ4v) is 9.46. The third-order valence-corrected chi connectivity index (χ3v) is 11.4. The summed E-state index contributed by atoms with van der Waals surface area (Å²) in [6, 6.07) is 0. The van der Waals surface area contributed by atoms with Crippen LogP contribution in [-0.4, -0.2) is 54.5 Å². The van der Waals surface area contributed by atoms with Gasteiger partial charge in [-0.15, -0.1) is 0 Å². The van der Waals surface area contributed by atoms with Crippen LogP contribution in [0.5, 0.6) is 0 Å². The molecule has 4 aliphatic carbocycles. The fraction of sp³-hybridized carbons (Fsp3) is 0.962. The van der Waals surface area contributed by atoms with Crippen molar-refractivity contribution >= 4 is 16.3 Å². The summed E-state index contributed by atoms with van der Waals surface area (Å²) in [5.74, 6) is 2.58. The van der Waals surface area contributed by atoms with E-state index in [2.05, 4.69) is 30.3 Å². The van der Waals surface area contributed by atoms with Gasteiger partial charge in [-0.2, -0.15) is 8.42 Å². The van der Waals surface area contributed by atoms with Crippen LogP contribution in [0.15, 0.2) is 0 Å². The second kappa shape index (κ2) is 10.2. The minimum Gasteiger partial charge on any atom is -0.393 e. The zero-order valence-electron chi connectivity index (χ0n) is 21.5. The highest BCUT2D eigenvalue weighted by atomic mass is 32.3. The highest BCUT2D eigenvalue weighted by Crippen LogP contribution is 2.68. The van der Waals surface area contributed by atoms with Crippen LogP contribution in [0.1, 0.15) is 85.0 Å². The smallest absolute Gasteiger partial charge is 0.393 e. The lowest BCUT2D eigenvalue weighted by atomic mass is 9.43. The van der Waals surface area contributed by atoms with Crippen LogP contribution in [0.2, 0.25) is 0 Å². The molecular formula is C26H45NO7S. The average molecular weight is 516 g/mol. The Morgan fingerprint density at radius 2 is 1.74 bits per heavy atom. The van der Waals surface area contributed by atoms with E-state index in [0.29, 0.717) is 41.9 Å². The molecule has 0 bridgehead atoms. The minimum atomic E-state index is -4.48. The number of nitrogens with one attached hydrogen (secondary N) is 1. The predicted octanol–water partition coefficient (Wildman–Crippen LogP) is 3.33. The average Bonchev–Trinajstić information content (AvgIpc) is 3.13. The van der Waals surface area contributed by atoms with Crippen molar-refractivity contribution in [1.82, 2.24) is 5.32 Å². The van der Waals surface area contributed by atoms with Crippen LogP contribution < -0.4 is 5.32 Å². The van der Waals surface area contributed by atoms with Crippen LogP contribution in [0.4, 0.5) is 0 Å². The zero-order valence-corrected chi connectivity index (χ0v) is 22.3. The number of hydrogen-bond acceptors (Lipinski definition) is 6. The van der Waals surface area contributed by atoms with E-state index >= 15 is 0 Å². The first-order valence-corrected chi connectivity index (χ1v) is 15.0. The van der Waals surface area contributed by atoms with Crippen molar-refractivity contribution in [1.29, 1.82) is 0 Å². The molecule has 202 valence electrons. The van der Waals surface area contributed by atoms with E-state index in [1.54, 1.807) is 0 Å². The van der Waals surface area contributed by atoms with Gasteiger partial charge < -0.3 is 15.5 Å². The molecule has 10 unspecified atom stereocenters. The van der Waals surface area contributed by atoms with Gasteiger partial charge in [0, 0.05) is 13.0 Å². The van der Waals surface area contributed by atoms with Gasteiger partial charge in [0.05, 0.1) is 18.8 Å². The number of aliphatic hydroxyl groups excluding tert-OH is 2. The summed E-state index contributed by atoms with van der Waals surface area (Å²) in [6.45, 7) is 6.86. The molecule has 4 aliphatic rings. The molecule has 9 heteroatoms. The summed E-state index contributed by atoms with van der Waals surface area (Å²) in [5, 5.41) is 24.3. The maximum Gasteiger partial charge on any atom is 0.397 e. The topological polar surface area (TPSA) is 133 Å². The molecule has 4 fully saturated rings. The number of fused-ring (bicyclic) bond motifs is 5. The molecule has 1 amide bonds. The summed E-state index contributed by atoms with van der Waals surface area (Å²) < 4.78 is 34.0. The van der Waals surface area contributed by atoms with Crippen molar-refractivity contribution in [3.63, 3.8) is 0 Å². The van der Waals surface area contributed by atoms with Crippen LogP contribution in [0.3, 0.4) is 0 Å². The molecule has 8 nitrogen and oxygen atoms in total. The van der Waals surface area contributed by atoms with Crippen molar-refractivity contribution in [2.75, 3.05) is 13.2 Å². The monoisotopic (exact) mass is 515 g/mol. The Labute approximate surface area is 210 Å². The molecule has 0 spiro atoms. The van der Waals surface area contributed by atoms with Gasteiger partial charge in [0.2, 0.25) is 5.91 Å². The summed E-state index contributed by atoms with van der Waals surface area (Å²) in [7, 11) is -4.48. The zero-order chi connectivity index (χ0) is 25.6. The van der Waals surface area contributed by atoms with Gasteiger partial charge in [0.15, 0.2) is 0 Å². The van der Waals surface area contributed by atoms with Crippen LogP contribution in [-0.2, 0) is 19.4 Å². The number of amides is 1. The first-order chi connectivity index (χ1) is 16.3. The Hall–Kier alpha value is -0.740. The normalized spacial score (nSPS) is 44.1. The van der Waals surface area contributed by atoms with E-state index < -0.39 is 10.4 Å². The van der Waals surface area contributed by atoms with Crippen LogP contribution >= 0.6 is 0 Å². The summed E-state index contributed by atoms with van der Waals surface area (Å²) in [4.78, 5) is 12.2. The molecule has 0 radical (unpaired) electrons. The van der Waals surface area contributed by atoms with Crippen molar-refractivity contribution in [2.45, 2.75) is 97.2 Å². The van der Waals surface area contributed by atoms with Gasteiger partial charge >= 0.3 is 10.4 Å². The number of carbonyl (C=O) groups is 1. The Morgan fingerprint density at radius 3 is 2.46 bits per heavy atom. The Balaban J connectivity index is 1.35. The summed E-state index contributed by atoms with van der Waals surface area (Å²) >= 11 is 0. The molecule has 0 saturated heterocycles. The van der Waals surface area contributed by atoms with Gasteiger partial charge in [-0.25, -0.2) is 4.18 Å². The lowest BCUT2D eigenvalue weighted by Gasteiger charge is -2.62. The van der Waals surface area contributed by atoms with E-state index in [1.807, 2.05) is 0 Å². The number of carbonyl (C=O) groups excluding carboxylic acids is 1. The Bertz CT molecular complexity index is 881. The summed E-state index contributed by atoms with van der Waals surface area (Å²) in [6.07, 6.45) is 8.87. The molecule has 4 N–H and O–H groups in total. The first-order valence-electron chi connectivity index (χ1n) is 13.6. The van der Waals surface area contributed by atoms with E-state index in [4.69, 9.17) is 4.55 Å². The molecule has 0 aromatic heterocycles. The maximum atomic E-state index is 12.2. The van der Waals surface area contributed by atoms with Gasteiger partial charge in [-0.05, 0) is 104 Å². The largest absolute Gasteiger partial charge is 0.397 e. The Morgan fingerprint density at radius 1 is 1.06 bits per heavy atom. The minimum absolute atomic E-state index is 0.0357. The molecule has 4 rings (SSSR count). The molecule has 0 heterocycles. The van der Waals surface area contributed by atoms with E-state index in [0.717, 1.165) is 51.4 Å². The SMILES string of the molecule is CC(CCC(=O)NCCOS(=O)(=O)O)C1CCC2C3C(O)CC4CC(O)CCC4(C)C3CCC12C. The van der Waals surface area contributed by atoms with Gasteiger partial charge in [0.25, 0.3) is 0 Å². The molecule has 0 aromatic rings. The molecule has 35 heavy (non-hydrogen) atoms.